The summed E-state index contributed by atoms with van der Waals surface area (Å²) in [4.78, 5) is 51.2. The average Bonchev–Trinajstić information content (AvgIpc) is 1.59. The van der Waals surface area contributed by atoms with Crippen molar-refractivity contribution in [1.29, 1.82) is 21.0 Å². The van der Waals surface area contributed by atoms with E-state index in [0.29, 0.717) is 55.6 Å². The van der Waals surface area contributed by atoms with Gasteiger partial charge >= 0.3 is 39.0 Å². The molecule has 3 aliphatic heterocycles. The van der Waals surface area contributed by atoms with Crippen molar-refractivity contribution in [2.75, 3.05) is 13.2 Å². The zero-order valence-electron chi connectivity index (χ0n) is 70.3. The van der Waals surface area contributed by atoms with Gasteiger partial charge in [-0.3, -0.25) is 29.3 Å². The van der Waals surface area contributed by atoms with E-state index in [1.54, 1.807) is 112 Å². The van der Waals surface area contributed by atoms with E-state index in [-0.39, 0.29) is 34.3 Å². The number of thioether (sulfide) groups is 3. The Morgan fingerprint density at radius 2 is 0.750 bits per heavy atom. The number of rotatable bonds is 15. The van der Waals surface area contributed by atoms with Crippen LogP contribution in [0.25, 0.3) is 54.6 Å². The average molecular weight is 1930 g/mol. The molecule has 0 bridgehead atoms. The number of carbonyl (C=O) groups is 3. The summed E-state index contributed by atoms with van der Waals surface area (Å²) in [5, 5.41) is 52.8. The van der Waals surface area contributed by atoms with Crippen LogP contribution in [0.3, 0.4) is 0 Å². The summed E-state index contributed by atoms with van der Waals surface area (Å²) in [5.74, 6) is -1.30. The highest BCUT2D eigenvalue weighted by Gasteiger charge is 2.64. The highest BCUT2D eigenvalue weighted by Crippen LogP contribution is 2.46. The standard InChI is InChI=1S/C22H19ClN2O2S.C20H15ClN2O2S.C15H16INO2S.C13H15BClNO2.C12H24B2O4.C7H3BrClN/c1-4-27-21(26)22(2,3)28-16-7-6-15-12-25-13-19(18(15)10-16)17-8-5-14(11-24)9-20(17)23;1-20(2,19(24)25)26-14-5-4-13-10-23-11-17(16(13)8-14)15-6-3-12(9-22)7-18(15)21;1-4-19-14(18)15(2,3)20-11-6-5-10-8-17-9-13(16)12(10)7-11;1-12(2)13(3,4)18-14(17-12)10-6-5-9(8-16)7-11(10)15;1-9(2)10(3,4)16-13(15-9)14-17-11(5,6)12(7,8)18-14;8-6-2-1-5(4-10)3-7(6)9/h5-10,12-13H,4H2,1-3H3;3-8,10-11H,1-2H3,(H,24,25);5-9H,4H2,1-3H3;5-7H,1-4H3;1-8H3;1-3H. The molecular formula is C89H92B3BrCl4IN7O12S3. The fourth-order valence-corrected chi connectivity index (χ4v) is 16.5. The van der Waals surface area contributed by atoms with Crippen LogP contribution >= 0.6 is 120 Å². The monoisotopic (exact) mass is 1930 g/mol. The summed E-state index contributed by atoms with van der Waals surface area (Å²) >= 11 is 34.4. The molecule has 0 spiro atoms. The predicted molar refractivity (Wildman–Crippen MR) is 497 cm³/mol. The molecule has 0 saturated carbocycles. The number of ether oxygens (including phenoxy) is 2. The molecule has 0 radical (unpaired) electrons. The van der Waals surface area contributed by atoms with Gasteiger partial charge < -0.3 is 42.5 Å². The first-order valence-electron chi connectivity index (χ1n) is 37.9. The van der Waals surface area contributed by atoms with Crippen molar-refractivity contribution in [2.24, 2.45) is 0 Å². The van der Waals surface area contributed by atoms with Gasteiger partial charge in [0.1, 0.15) is 14.2 Å². The van der Waals surface area contributed by atoms with Gasteiger partial charge in [-0.25, -0.2) is 0 Å². The molecular weight excluding hydrogens is 1840 g/mol. The highest BCUT2D eigenvalue weighted by molar-refractivity contribution is 14.1. The van der Waals surface area contributed by atoms with Gasteiger partial charge in [0.15, 0.2) is 0 Å². The fraction of sp³-hybridized carbons (Fsp3) is 0.348. The number of hydrogen-bond donors (Lipinski definition) is 1. The van der Waals surface area contributed by atoms with Crippen molar-refractivity contribution in [3.05, 3.63) is 215 Å². The van der Waals surface area contributed by atoms with Gasteiger partial charge in [-0.1, -0.05) is 82.8 Å². The van der Waals surface area contributed by atoms with Crippen molar-refractivity contribution >= 4 is 197 Å². The van der Waals surface area contributed by atoms with E-state index in [2.05, 4.69) is 77.7 Å². The van der Waals surface area contributed by atoms with E-state index in [1.807, 2.05) is 191 Å². The summed E-state index contributed by atoms with van der Waals surface area (Å²) in [7, 11) is -1.44. The Bertz CT molecular complexity index is 5580. The molecule has 10 aromatic rings. The third-order valence-corrected chi connectivity index (χ3v) is 27.1. The predicted octanol–water partition coefficient (Wildman–Crippen LogP) is 23.3. The lowest BCUT2D eigenvalue weighted by atomic mass is 9.49. The Morgan fingerprint density at radius 3 is 1.09 bits per heavy atom. The number of esters is 2. The second kappa shape index (κ2) is 40.4. The minimum atomic E-state index is -0.938. The molecule has 0 atom stereocenters. The maximum Gasteiger partial charge on any atom is 0.496 e. The normalized spacial score (nSPS) is 15.7. The van der Waals surface area contributed by atoms with Crippen LogP contribution in [0.2, 0.25) is 20.1 Å². The Balaban J connectivity index is 0.000000183. The number of carbonyl (C=O) groups excluding carboxylic acids is 2. The van der Waals surface area contributed by atoms with E-state index in [1.165, 1.54) is 35.3 Å². The number of aliphatic carboxylic acids is 1. The molecule has 624 valence electrons. The van der Waals surface area contributed by atoms with E-state index < -0.39 is 52.5 Å². The lowest BCUT2D eigenvalue weighted by molar-refractivity contribution is -0.145. The summed E-state index contributed by atoms with van der Waals surface area (Å²) in [6, 6.07) is 46.7. The Hall–Kier alpha value is -7.49. The van der Waals surface area contributed by atoms with Crippen molar-refractivity contribution in [2.45, 2.75) is 201 Å². The third-order valence-electron chi connectivity index (χ3n) is 20.5. The fourth-order valence-electron chi connectivity index (χ4n) is 11.6. The molecule has 3 aliphatic rings. The Labute approximate surface area is 758 Å². The first-order valence-corrected chi connectivity index (χ1v) is 43.8. The van der Waals surface area contributed by atoms with Crippen molar-refractivity contribution in [3.8, 4) is 46.5 Å². The van der Waals surface area contributed by atoms with E-state index >= 15 is 0 Å². The van der Waals surface area contributed by atoms with Crippen LogP contribution < -0.4 is 5.46 Å². The van der Waals surface area contributed by atoms with Crippen LogP contribution in [0.15, 0.2) is 184 Å². The molecule has 13 rings (SSSR count). The molecule has 120 heavy (non-hydrogen) atoms. The number of benzene rings is 7. The topological polar surface area (TPSA) is 279 Å². The highest BCUT2D eigenvalue weighted by atomic mass is 127. The van der Waals surface area contributed by atoms with Gasteiger partial charge in [0.25, 0.3) is 0 Å². The van der Waals surface area contributed by atoms with Crippen LogP contribution in [0.4, 0.5) is 0 Å². The number of fused-ring (bicyclic) bond motifs is 3. The second-order valence-electron chi connectivity index (χ2n) is 32.3. The number of pyridine rings is 3. The summed E-state index contributed by atoms with van der Waals surface area (Å²) in [5.41, 5.74) is 3.95. The molecule has 0 aliphatic carbocycles. The minimum Gasteiger partial charge on any atom is -0.480 e. The number of halogens is 6. The lowest BCUT2D eigenvalue weighted by Gasteiger charge is -2.32. The third kappa shape index (κ3) is 24.3. The lowest BCUT2D eigenvalue weighted by Crippen LogP contribution is -2.41. The molecule has 19 nitrogen and oxygen atoms in total. The largest absolute Gasteiger partial charge is 0.496 e. The molecule has 0 amide bonds. The molecule has 3 aromatic heterocycles. The van der Waals surface area contributed by atoms with Crippen LogP contribution in [0.5, 0.6) is 0 Å². The van der Waals surface area contributed by atoms with Crippen LogP contribution in [-0.4, -0.2) is 120 Å². The quantitative estimate of drug-likeness (QED) is 0.0432. The minimum absolute atomic E-state index is 0.186. The number of carboxylic acids is 1. The molecule has 1 N–H and O–H groups in total. The van der Waals surface area contributed by atoms with E-state index in [0.717, 1.165) is 82.8 Å². The van der Waals surface area contributed by atoms with Gasteiger partial charge in [-0.2, -0.15) is 21.0 Å². The number of hydrogen-bond acceptors (Lipinski definition) is 21. The first-order chi connectivity index (χ1) is 56.0. The smallest absolute Gasteiger partial charge is 0.480 e. The number of nitriles is 4. The molecule has 3 saturated heterocycles. The Kier molecular flexibility index (Phi) is 33.0. The number of aromatic nitrogens is 3. The van der Waals surface area contributed by atoms with E-state index in [4.69, 9.17) is 105 Å². The zero-order chi connectivity index (χ0) is 89.1. The van der Waals surface area contributed by atoms with Gasteiger partial charge in [0.2, 0.25) is 0 Å². The maximum atomic E-state index is 12.2. The van der Waals surface area contributed by atoms with Crippen LogP contribution in [0.1, 0.15) is 161 Å². The van der Waals surface area contributed by atoms with Crippen molar-refractivity contribution in [1.82, 2.24) is 15.0 Å². The van der Waals surface area contributed by atoms with E-state index in [9.17, 15) is 19.5 Å². The van der Waals surface area contributed by atoms with Gasteiger partial charge in [0, 0.05) is 119 Å². The SMILES string of the molecule is CC(C)(Sc1ccc2cncc(-c3ccc(C#N)cc3Cl)c2c1)C(=O)O.CC1(C)OB(B2OC(C)(C)C(C)(C)O2)OC1(C)C.CC1(C)OB(c2ccc(C#N)cc2Cl)OC1(C)C.CCOC(=O)C(C)(C)Sc1ccc2cncc(-c3ccc(C#N)cc3Cl)c2c1.CCOC(=O)C(C)(C)Sc1ccc2cncc(I)c2c1.N#Cc1ccc(Br)c(Cl)c1. The molecule has 31 heteroatoms. The van der Waals surface area contributed by atoms with Crippen LogP contribution in [-0.2, 0) is 51.8 Å². The molecule has 0 unspecified atom stereocenters. The molecule has 6 heterocycles. The summed E-state index contributed by atoms with van der Waals surface area (Å²) in [6.45, 7) is 39.4. The zero-order valence-corrected chi connectivity index (χ0v) is 79.5. The number of nitrogens with zero attached hydrogens (tertiary/aromatic N) is 7. The maximum absolute atomic E-state index is 12.2. The first kappa shape index (κ1) is 98.0. The van der Waals surface area contributed by atoms with Gasteiger partial charge in [-0.15, -0.1) is 35.3 Å². The van der Waals surface area contributed by atoms with Crippen molar-refractivity contribution < 1.29 is 56.9 Å². The van der Waals surface area contributed by atoms with Crippen LogP contribution in [0, 0.1) is 48.9 Å². The Morgan fingerprint density at radius 1 is 0.433 bits per heavy atom. The van der Waals surface area contributed by atoms with Gasteiger partial charge in [-0.05, 0) is 284 Å². The van der Waals surface area contributed by atoms with Gasteiger partial charge in [0.05, 0.1) is 98.4 Å². The second-order valence-corrected chi connectivity index (χ2v) is 41.0. The number of carboxylic acid groups (broad SMARTS) is 1. The summed E-state index contributed by atoms with van der Waals surface area (Å²) in [6.07, 6.45) is 10.7. The molecule has 3 fully saturated rings. The molecule has 7 aromatic carbocycles. The summed E-state index contributed by atoms with van der Waals surface area (Å²) < 4.78 is 45.7. The van der Waals surface area contributed by atoms with Crippen molar-refractivity contribution in [3.63, 3.8) is 0 Å².